The second-order valence-electron chi connectivity index (χ2n) is 9.00. The molecule has 1 aromatic heterocycles. The summed E-state index contributed by atoms with van der Waals surface area (Å²) in [6.45, 7) is 10.4. The molecule has 156 valence electrons. The summed E-state index contributed by atoms with van der Waals surface area (Å²) in [5.74, 6) is 0.917. The average molecular weight is 395 g/mol. The van der Waals surface area contributed by atoms with Crippen LogP contribution in [0.1, 0.15) is 48.2 Å². The molecule has 0 atom stereocenters. The molecular weight excluding hydrogens is 360 g/mol. The van der Waals surface area contributed by atoms with E-state index in [9.17, 15) is 0 Å². The first-order valence-corrected chi connectivity index (χ1v) is 10.9. The van der Waals surface area contributed by atoms with Crippen molar-refractivity contribution in [2.24, 2.45) is 5.41 Å². The van der Waals surface area contributed by atoms with Crippen molar-refractivity contribution in [1.82, 2.24) is 14.9 Å². The van der Waals surface area contributed by atoms with E-state index in [4.69, 9.17) is 4.74 Å². The Hall–Kier alpha value is -1.98. The smallest absolute Gasteiger partial charge is 0.225 e. The highest BCUT2D eigenvalue weighted by molar-refractivity contribution is 5.33. The van der Waals surface area contributed by atoms with Crippen molar-refractivity contribution >= 4 is 5.95 Å². The van der Waals surface area contributed by atoms with Gasteiger partial charge in [-0.15, -0.1) is 0 Å². The maximum atomic E-state index is 5.30. The van der Waals surface area contributed by atoms with Crippen LogP contribution in [0.3, 0.4) is 0 Å². The van der Waals surface area contributed by atoms with E-state index in [1.807, 2.05) is 0 Å². The predicted molar refractivity (Wildman–Crippen MR) is 117 cm³/mol. The number of anilines is 1. The number of benzene rings is 1. The minimum absolute atomic E-state index is 0.456. The van der Waals surface area contributed by atoms with E-state index in [1.54, 1.807) is 7.11 Å². The van der Waals surface area contributed by atoms with Crippen molar-refractivity contribution < 1.29 is 4.74 Å². The Bertz CT molecular complexity index is 809. The molecular formula is C24H34N4O. The molecule has 0 bridgehead atoms. The largest absolute Gasteiger partial charge is 0.380 e. The molecule has 5 nitrogen and oxygen atoms in total. The van der Waals surface area contributed by atoms with E-state index in [-0.39, 0.29) is 0 Å². The maximum Gasteiger partial charge on any atom is 0.225 e. The third kappa shape index (κ3) is 4.96. The number of likely N-dealkylation sites (tertiary alicyclic amines) is 1. The predicted octanol–water partition coefficient (Wildman–Crippen LogP) is 4.12. The molecule has 2 aliphatic heterocycles. The van der Waals surface area contributed by atoms with Gasteiger partial charge in [0.2, 0.25) is 5.95 Å². The van der Waals surface area contributed by atoms with Crippen molar-refractivity contribution in [3.8, 4) is 0 Å². The molecule has 5 heteroatoms. The van der Waals surface area contributed by atoms with Crippen LogP contribution < -0.4 is 4.90 Å². The van der Waals surface area contributed by atoms with Gasteiger partial charge in [-0.3, -0.25) is 4.90 Å². The molecule has 1 aromatic carbocycles. The lowest BCUT2D eigenvalue weighted by Gasteiger charge is -2.47. The fraction of sp³-hybridized carbons (Fsp3) is 0.583. The second-order valence-corrected chi connectivity index (χ2v) is 9.00. The topological polar surface area (TPSA) is 41.5 Å². The zero-order chi connectivity index (χ0) is 20.3. The quantitative estimate of drug-likeness (QED) is 0.763. The highest BCUT2D eigenvalue weighted by Gasteiger charge is 2.38. The van der Waals surface area contributed by atoms with Gasteiger partial charge in [-0.1, -0.05) is 24.3 Å². The summed E-state index contributed by atoms with van der Waals surface area (Å²) in [6, 6.07) is 10.9. The molecule has 4 rings (SSSR count). The number of methoxy groups -OCH3 is 1. The highest BCUT2D eigenvalue weighted by Crippen LogP contribution is 2.40. The zero-order valence-electron chi connectivity index (χ0n) is 18.2. The minimum atomic E-state index is 0.456. The molecule has 2 saturated heterocycles. The first-order valence-electron chi connectivity index (χ1n) is 10.9. The Morgan fingerprint density at radius 3 is 2.41 bits per heavy atom. The molecule has 0 radical (unpaired) electrons. The van der Waals surface area contributed by atoms with Crippen LogP contribution in [0.15, 0.2) is 30.3 Å². The van der Waals surface area contributed by atoms with Crippen LogP contribution in [-0.4, -0.2) is 48.2 Å². The lowest BCUT2D eigenvalue weighted by atomic mass is 9.72. The standard InChI is InChI=1S/C24H34N4O/c1-19-14-20(2)26-23(25-19)28-12-9-24(10-13-28)8-5-11-27(18-24)16-21-6-4-7-22(15-21)17-29-3/h4,6-7,14-15H,5,8-13,16-18H2,1-3H3. The van der Waals surface area contributed by atoms with Crippen molar-refractivity contribution in [2.75, 3.05) is 38.2 Å². The summed E-state index contributed by atoms with van der Waals surface area (Å²) in [7, 11) is 1.76. The fourth-order valence-corrected chi connectivity index (χ4v) is 5.13. The van der Waals surface area contributed by atoms with Crippen molar-refractivity contribution in [2.45, 2.75) is 52.7 Å². The second kappa shape index (κ2) is 8.80. The van der Waals surface area contributed by atoms with Gasteiger partial charge in [0.05, 0.1) is 6.61 Å². The minimum Gasteiger partial charge on any atom is -0.380 e. The lowest BCUT2D eigenvalue weighted by Crippen LogP contribution is -2.49. The molecule has 0 amide bonds. The van der Waals surface area contributed by atoms with Crippen molar-refractivity contribution in [3.63, 3.8) is 0 Å². The Balaban J connectivity index is 1.38. The van der Waals surface area contributed by atoms with Gasteiger partial charge in [0.25, 0.3) is 0 Å². The van der Waals surface area contributed by atoms with Gasteiger partial charge in [0.1, 0.15) is 0 Å². The van der Waals surface area contributed by atoms with E-state index in [1.165, 1.54) is 49.9 Å². The van der Waals surface area contributed by atoms with Crippen LogP contribution in [0.25, 0.3) is 0 Å². The molecule has 2 fully saturated rings. The molecule has 3 heterocycles. The molecule has 0 aliphatic carbocycles. The van der Waals surface area contributed by atoms with E-state index >= 15 is 0 Å². The first-order chi connectivity index (χ1) is 14.0. The lowest BCUT2D eigenvalue weighted by molar-refractivity contribution is 0.0603. The summed E-state index contributed by atoms with van der Waals surface area (Å²) in [5.41, 5.74) is 5.24. The number of hydrogen-bond acceptors (Lipinski definition) is 5. The summed E-state index contributed by atoms with van der Waals surface area (Å²) in [5, 5.41) is 0. The van der Waals surface area contributed by atoms with Gasteiger partial charge in [0.15, 0.2) is 0 Å². The Morgan fingerprint density at radius 1 is 0.966 bits per heavy atom. The summed E-state index contributed by atoms with van der Waals surface area (Å²) >= 11 is 0. The van der Waals surface area contributed by atoms with Crippen LogP contribution in [0.4, 0.5) is 5.95 Å². The fourth-order valence-electron chi connectivity index (χ4n) is 5.13. The molecule has 1 spiro atoms. The van der Waals surface area contributed by atoms with E-state index in [2.05, 4.69) is 63.9 Å². The third-order valence-corrected chi connectivity index (χ3v) is 6.53. The van der Waals surface area contributed by atoms with E-state index in [0.29, 0.717) is 12.0 Å². The summed E-state index contributed by atoms with van der Waals surface area (Å²) in [6.07, 6.45) is 5.14. The molecule has 2 aliphatic rings. The Labute approximate surface area is 175 Å². The van der Waals surface area contributed by atoms with Crippen LogP contribution in [-0.2, 0) is 17.9 Å². The third-order valence-electron chi connectivity index (χ3n) is 6.53. The van der Waals surface area contributed by atoms with Crippen molar-refractivity contribution in [3.05, 3.63) is 52.8 Å². The Morgan fingerprint density at radius 2 is 1.69 bits per heavy atom. The number of rotatable bonds is 5. The maximum absolute atomic E-state index is 5.30. The molecule has 29 heavy (non-hydrogen) atoms. The van der Waals surface area contributed by atoms with Crippen LogP contribution in [0, 0.1) is 19.3 Å². The normalized spacial score (nSPS) is 19.6. The van der Waals surface area contributed by atoms with E-state index in [0.717, 1.165) is 37.0 Å². The molecule has 0 unspecified atom stereocenters. The van der Waals surface area contributed by atoms with Crippen LogP contribution >= 0.6 is 0 Å². The van der Waals surface area contributed by atoms with Crippen LogP contribution in [0.2, 0.25) is 0 Å². The number of hydrogen-bond donors (Lipinski definition) is 0. The zero-order valence-corrected chi connectivity index (χ0v) is 18.2. The Kier molecular flexibility index (Phi) is 6.16. The molecule has 0 saturated carbocycles. The summed E-state index contributed by atoms with van der Waals surface area (Å²) in [4.78, 5) is 14.4. The van der Waals surface area contributed by atoms with Gasteiger partial charge >= 0.3 is 0 Å². The first kappa shape index (κ1) is 20.3. The van der Waals surface area contributed by atoms with Crippen LogP contribution in [0.5, 0.6) is 0 Å². The number of aryl methyl sites for hydroxylation is 2. The summed E-state index contributed by atoms with van der Waals surface area (Å²) < 4.78 is 5.30. The number of aromatic nitrogens is 2. The molecule has 2 aromatic rings. The van der Waals surface area contributed by atoms with Crippen molar-refractivity contribution in [1.29, 1.82) is 0 Å². The highest BCUT2D eigenvalue weighted by atomic mass is 16.5. The van der Waals surface area contributed by atoms with Gasteiger partial charge in [0, 0.05) is 44.7 Å². The molecule has 0 N–H and O–H groups in total. The number of ether oxygens (including phenoxy) is 1. The van der Waals surface area contributed by atoms with Gasteiger partial charge < -0.3 is 9.64 Å². The van der Waals surface area contributed by atoms with Gasteiger partial charge in [-0.25, -0.2) is 9.97 Å². The monoisotopic (exact) mass is 394 g/mol. The van der Waals surface area contributed by atoms with Gasteiger partial charge in [-0.2, -0.15) is 0 Å². The van der Waals surface area contributed by atoms with Gasteiger partial charge in [-0.05, 0) is 68.7 Å². The average Bonchev–Trinajstić information content (AvgIpc) is 2.68. The van der Waals surface area contributed by atoms with E-state index < -0.39 is 0 Å². The SMILES string of the molecule is COCc1cccc(CN2CCCC3(CCN(c4nc(C)cc(C)n4)CC3)C2)c1. The number of nitrogens with zero attached hydrogens (tertiary/aromatic N) is 4. The number of piperidine rings is 2.